The van der Waals surface area contributed by atoms with Crippen molar-refractivity contribution < 1.29 is 4.79 Å². The molecule has 1 atom stereocenters. The number of nitrogens with one attached hydrogen (secondary N) is 1. The average Bonchev–Trinajstić information content (AvgIpc) is 2.92. The highest BCUT2D eigenvalue weighted by molar-refractivity contribution is 5.86. The monoisotopic (exact) mass is 266 g/mol. The summed E-state index contributed by atoms with van der Waals surface area (Å²) in [6, 6.07) is 20.1. The topological polar surface area (TPSA) is 32.3 Å². The summed E-state index contributed by atoms with van der Waals surface area (Å²) in [6.07, 6.45) is 2.58. The van der Waals surface area contributed by atoms with Gasteiger partial charge < -0.3 is 0 Å². The lowest BCUT2D eigenvalue weighted by Crippen LogP contribution is -2.44. The molecule has 1 aliphatic rings. The summed E-state index contributed by atoms with van der Waals surface area (Å²) in [5, 5.41) is 2.01. The first-order valence-corrected chi connectivity index (χ1v) is 7.04. The van der Waals surface area contributed by atoms with Crippen LogP contribution in [0.1, 0.15) is 19.3 Å². The number of hydrogen-bond acceptors (Lipinski definition) is 3. The number of carbonyl (C=O) groups is 1. The van der Waals surface area contributed by atoms with Crippen LogP contribution in [0.25, 0.3) is 0 Å². The first-order chi connectivity index (χ1) is 9.84. The third-order valence-corrected chi connectivity index (χ3v) is 3.62. The molecule has 1 N–H and O–H groups in total. The smallest absolute Gasteiger partial charge is 0.151 e. The average molecular weight is 266 g/mol. The van der Waals surface area contributed by atoms with Gasteiger partial charge in [-0.15, -0.1) is 0 Å². The Morgan fingerprint density at radius 1 is 0.900 bits per heavy atom. The molecule has 3 nitrogen and oxygen atoms in total. The number of ketones is 1. The maximum Gasteiger partial charge on any atom is 0.151 e. The first kappa shape index (κ1) is 12.9. The molecule has 2 aromatic rings. The Bertz CT molecular complexity index is 529. The molecule has 3 rings (SSSR count). The van der Waals surface area contributed by atoms with Gasteiger partial charge in [-0.25, -0.2) is 5.43 Å². The molecule has 0 radical (unpaired) electrons. The van der Waals surface area contributed by atoms with Crippen molar-refractivity contribution in [1.82, 2.24) is 5.43 Å². The fourth-order valence-electron chi connectivity index (χ4n) is 2.56. The van der Waals surface area contributed by atoms with Crippen molar-refractivity contribution in [3.8, 4) is 0 Å². The van der Waals surface area contributed by atoms with Crippen LogP contribution < -0.4 is 10.4 Å². The van der Waals surface area contributed by atoms with Crippen LogP contribution in [0.2, 0.25) is 0 Å². The van der Waals surface area contributed by atoms with Crippen molar-refractivity contribution in [2.45, 2.75) is 25.3 Å². The Kier molecular flexibility index (Phi) is 3.79. The van der Waals surface area contributed by atoms with Gasteiger partial charge in [0.2, 0.25) is 0 Å². The van der Waals surface area contributed by atoms with Gasteiger partial charge in [0.25, 0.3) is 0 Å². The first-order valence-electron chi connectivity index (χ1n) is 7.04. The van der Waals surface area contributed by atoms with Crippen LogP contribution in [-0.2, 0) is 4.79 Å². The molecular weight excluding hydrogens is 248 g/mol. The second-order valence-electron chi connectivity index (χ2n) is 5.05. The van der Waals surface area contributed by atoms with Gasteiger partial charge in [0, 0.05) is 6.42 Å². The molecule has 1 fully saturated rings. The molecule has 0 heterocycles. The lowest BCUT2D eigenvalue weighted by atomic mass is 10.2. The van der Waals surface area contributed by atoms with Crippen LogP contribution in [0.3, 0.4) is 0 Å². The van der Waals surface area contributed by atoms with Gasteiger partial charge in [-0.05, 0) is 37.1 Å². The van der Waals surface area contributed by atoms with Crippen LogP contribution in [0.4, 0.5) is 11.4 Å². The molecule has 1 unspecified atom stereocenters. The van der Waals surface area contributed by atoms with E-state index < -0.39 is 0 Å². The van der Waals surface area contributed by atoms with E-state index in [9.17, 15) is 4.79 Å². The predicted octanol–water partition coefficient (Wildman–Crippen LogP) is 3.45. The molecule has 0 amide bonds. The number of rotatable bonds is 4. The molecule has 1 aliphatic carbocycles. The molecule has 0 spiro atoms. The van der Waals surface area contributed by atoms with E-state index in [1.165, 1.54) is 0 Å². The number of benzene rings is 2. The van der Waals surface area contributed by atoms with Crippen molar-refractivity contribution in [2.24, 2.45) is 0 Å². The molecule has 102 valence electrons. The Morgan fingerprint density at radius 3 is 1.90 bits per heavy atom. The summed E-state index contributed by atoms with van der Waals surface area (Å²) >= 11 is 0. The number of hydrogen-bond donors (Lipinski definition) is 1. The molecule has 20 heavy (non-hydrogen) atoms. The Labute approximate surface area is 119 Å². The molecule has 0 aromatic heterocycles. The Morgan fingerprint density at radius 2 is 1.45 bits per heavy atom. The lowest BCUT2D eigenvalue weighted by Gasteiger charge is -2.28. The third kappa shape index (κ3) is 2.73. The van der Waals surface area contributed by atoms with E-state index in [1.807, 2.05) is 65.7 Å². The predicted molar refractivity (Wildman–Crippen MR) is 80.8 cm³/mol. The minimum Gasteiger partial charge on any atom is -0.298 e. The van der Waals surface area contributed by atoms with E-state index in [1.54, 1.807) is 0 Å². The number of carbonyl (C=O) groups excluding carboxylic acids is 1. The SMILES string of the molecule is O=C1CCCC1NN(c1ccccc1)c1ccccc1. The second-order valence-corrected chi connectivity index (χ2v) is 5.05. The van der Waals surface area contributed by atoms with Gasteiger partial charge in [0.15, 0.2) is 5.78 Å². The minimum atomic E-state index is -0.0737. The molecule has 3 heteroatoms. The number of para-hydroxylation sites is 2. The number of Topliss-reactive ketones (excluding diaryl/α,β-unsaturated/α-hetero) is 1. The van der Waals surface area contributed by atoms with E-state index in [-0.39, 0.29) is 6.04 Å². The van der Waals surface area contributed by atoms with Crippen molar-refractivity contribution in [1.29, 1.82) is 0 Å². The van der Waals surface area contributed by atoms with Crippen molar-refractivity contribution in [3.63, 3.8) is 0 Å². The van der Waals surface area contributed by atoms with Crippen LogP contribution in [0.5, 0.6) is 0 Å². The molecule has 0 aliphatic heterocycles. The van der Waals surface area contributed by atoms with Crippen molar-refractivity contribution in [3.05, 3.63) is 60.7 Å². The summed E-state index contributed by atoms with van der Waals surface area (Å²) in [4.78, 5) is 11.9. The fourth-order valence-corrected chi connectivity index (χ4v) is 2.56. The van der Waals surface area contributed by atoms with Crippen LogP contribution in [-0.4, -0.2) is 11.8 Å². The maximum atomic E-state index is 11.9. The molecule has 0 bridgehead atoms. The molecule has 0 saturated heterocycles. The van der Waals surface area contributed by atoms with Gasteiger partial charge in [0.1, 0.15) is 0 Å². The molecular formula is C17H18N2O. The summed E-state index contributed by atoms with van der Waals surface area (Å²) in [5.41, 5.74) is 5.46. The lowest BCUT2D eigenvalue weighted by molar-refractivity contribution is -0.119. The summed E-state index contributed by atoms with van der Waals surface area (Å²) in [6.45, 7) is 0. The van der Waals surface area contributed by atoms with E-state index in [4.69, 9.17) is 0 Å². The number of hydrazine groups is 1. The van der Waals surface area contributed by atoms with E-state index >= 15 is 0 Å². The zero-order valence-electron chi connectivity index (χ0n) is 11.3. The quantitative estimate of drug-likeness (QED) is 0.860. The summed E-state index contributed by atoms with van der Waals surface area (Å²) < 4.78 is 0. The third-order valence-electron chi connectivity index (χ3n) is 3.62. The minimum absolute atomic E-state index is 0.0737. The van der Waals surface area contributed by atoms with Crippen LogP contribution in [0, 0.1) is 0 Å². The summed E-state index contributed by atoms with van der Waals surface area (Å²) in [7, 11) is 0. The molecule has 2 aromatic carbocycles. The standard InChI is InChI=1S/C17H18N2O/c20-17-13-7-12-16(17)18-19(14-8-3-1-4-9-14)15-10-5-2-6-11-15/h1-6,8-11,16,18H,7,12-13H2. The highest BCUT2D eigenvalue weighted by Gasteiger charge is 2.26. The van der Waals surface area contributed by atoms with Crippen LogP contribution in [0.15, 0.2) is 60.7 Å². The second kappa shape index (κ2) is 5.88. The normalized spacial score (nSPS) is 18.2. The number of nitrogens with zero attached hydrogens (tertiary/aromatic N) is 1. The Balaban J connectivity index is 1.90. The highest BCUT2D eigenvalue weighted by Crippen LogP contribution is 2.25. The van der Waals surface area contributed by atoms with Gasteiger partial charge in [-0.3, -0.25) is 9.80 Å². The van der Waals surface area contributed by atoms with Gasteiger partial charge in [0.05, 0.1) is 17.4 Å². The highest BCUT2D eigenvalue weighted by atomic mass is 16.1. The van der Waals surface area contributed by atoms with E-state index in [0.29, 0.717) is 12.2 Å². The van der Waals surface area contributed by atoms with Gasteiger partial charge >= 0.3 is 0 Å². The number of anilines is 2. The van der Waals surface area contributed by atoms with Crippen molar-refractivity contribution in [2.75, 3.05) is 5.01 Å². The summed E-state index contributed by atoms with van der Waals surface area (Å²) in [5.74, 6) is 0.307. The fraction of sp³-hybridized carbons (Fsp3) is 0.235. The zero-order valence-corrected chi connectivity index (χ0v) is 11.3. The molecule has 1 saturated carbocycles. The van der Waals surface area contributed by atoms with E-state index in [0.717, 1.165) is 24.2 Å². The largest absolute Gasteiger partial charge is 0.298 e. The zero-order chi connectivity index (χ0) is 13.8. The van der Waals surface area contributed by atoms with Crippen molar-refractivity contribution >= 4 is 17.2 Å². The maximum absolute atomic E-state index is 11.9. The van der Waals surface area contributed by atoms with Crippen LogP contribution >= 0.6 is 0 Å². The van der Waals surface area contributed by atoms with E-state index in [2.05, 4.69) is 5.43 Å². The Hall–Kier alpha value is -2.13. The van der Waals surface area contributed by atoms with Gasteiger partial charge in [-0.1, -0.05) is 36.4 Å². The van der Waals surface area contributed by atoms with Gasteiger partial charge in [-0.2, -0.15) is 0 Å².